The molecule has 2 heterocycles. The van der Waals surface area contributed by atoms with E-state index in [0.717, 1.165) is 5.76 Å². The van der Waals surface area contributed by atoms with Gasteiger partial charge in [0.25, 0.3) is 11.6 Å². The molecule has 0 unspecified atom stereocenters. The largest absolute Gasteiger partial charge is 0.468 e. The number of nitro benzene ring substituents is 1. The summed E-state index contributed by atoms with van der Waals surface area (Å²) in [5.41, 5.74) is 2.89. The van der Waals surface area contributed by atoms with Gasteiger partial charge in [-0.2, -0.15) is 5.10 Å². The second-order valence-corrected chi connectivity index (χ2v) is 6.99. The van der Waals surface area contributed by atoms with Gasteiger partial charge in [-0.3, -0.25) is 14.9 Å². The van der Waals surface area contributed by atoms with Gasteiger partial charge in [0.15, 0.2) is 0 Å². The summed E-state index contributed by atoms with van der Waals surface area (Å²) in [5, 5.41) is 17.0. The van der Waals surface area contributed by atoms with Crippen LogP contribution in [0.4, 0.5) is 5.69 Å². The van der Waals surface area contributed by atoms with Gasteiger partial charge in [-0.15, -0.1) is 23.1 Å². The average molecular weight is 387 g/mol. The van der Waals surface area contributed by atoms with Crippen LogP contribution in [0.25, 0.3) is 0 Å². The van der Waals surface area contributed by atoms with Crippen molar-refractivity contribution in [3.8, 4) is 0 Å². The van der Waals surface area contributed by atoms with Gasteiger partial charge in [-0.05, 0) is 29.6 Å². The molecule has 0 atom stereocenters. The van der Waals surface area contributed by atoms with Crippen LogP contribution in [0.1, 0.15) is 21.0 Å². The number of benzene rings is 1. The first-order valence-electron chi connectivity index (χ1n) is 7.44. The Labute approximate surface area is 156 Å². The summed E-state index contributed by atoms with van der Waals surface area (Å²) < 4.78 is 5.23. The van der Waals surface area contributed by atoms with E-state index in [1.807, 2.05) is 6.07 Å². The number of rotatable bonds is 7. The summed E-state index contributed by atoms with van der Waals surface area (Å²) in [5.74, 6) is 0.917. The van der Waals surface area contributed by atoms with Gasteiger partial charge < -0.3 is 4.42 Å². The number of carbonyl (C=O) groups excluding carboxylic acids is 1. The van der Waals surface area contributed by atoms with Crippen LogP contribution in [0.5, 0.6) is 0 Å². The van der Waals surface area contributed by atoms with E-state index in [0.29, 0.717) is 21.1 Å². The maximum atomic E-state index is 11.8. The third-order valence-corrected chi connectivity index (χ3v) is 5.21. The number of nitrogens with zero attached hydrogens (tertiary/aromatic N) is 2. The van der Waals surface area contributed by atoms with Crippen molar-refractivity contribution in [2.45, 2.75) is 10.6 Å². The minimum Gasteiger partial charge on any atom is -0.468 e. The second-order valence-electron chi connectivity index (χ2n) is 5.03. The average Bonchev–Trinajstić information content (AvgIpc) is 3.34. The van der Waals surface area contributed by atoms with Crippen molar-refractivity contribution < 1.29 is 14.1 Å². The lowest BCUT2D eigenvalue weighted by Gasteiger charge is -2.03. The zero-order valence-electron chi connectivity index (χ0n) is 13.3. The monoisotopic (exact) mass is 387 g/mol. The molecule has 7 nitrogen and oxygen atoms in total. The van der Waals surface area contributed by atoms with Crippen molar-refractivity contribution in [3.63, 3.8) is 0 Å². The van der Waals surface area contributed by atoms with Gasteiger partial charge in [0.05, 0.1) is 32.9 Å². The van der Waals surface area contributed by atoms with E-state index in [9.17, 15) is 14.9 Å². The minimum atomic E-state index is -0.438. The summed E-state index contributed by atoms with van der Waals surface area (Å²) >= 11 is 2.62. The van der Waals surface area contributed by atoms with Crippen molar-refractivity contribution in [1.82, 2.24) is 5.43 Å². The lowest BCUT2D eigenvalue weighted by molar-refractivity contribution is -0.387. The van der Waals surface area contributed by atoms with Crippen LogP contribution in [-0.2, 0) is 5.75 Å². The fourth-order valence-electron chi connectivity index (χ4n) is 2.05. The third kappa shape index (κ3) is 4.58. The van der Waals surface area contributed by atoms with Gasteiger partial charge in [-0.25, -0.2) is 5.43 Å². The van der Waals surface area contributed by atoms with Crippen LogP contribution in [0.2, 0.25) is 0 Å². The molecule has 1 aromatic carbocycles. The van der Waals surface area contributed by atoms with E-state index in [-0.39, 0.29) is 11.6 Å². The molecule has 0 spiro atoms. The lowest BCUT2D eigenvalue weighted by atomic mass is 10.2. The van der Waals surface area contributed by atoms with Crippen LogP contribution in [-0.4, -0.2) is 17.0 Å². The van der Waals surface area contributed by atoms with Crippen molar-refractivity contribution >= 4 is 40.9 Å². The topological polar surface area (TPSA) is 97.7 Å². The minimum absolute atomic E-state index is 0.0184. The number of hydrogen-bond acceptors (Lipinski definition) is 7. The molecule has 3 aromatic rings. The predicted octanol–water partition coefficient (Wildman–Crippen LogP) is 4.31. The summed E-state index contributed by atoms with van der Waals surface area (Å²) in [6.07, 6.45) is 2.94. The SMILES string of the molecule is O=C(N/N=C/c1ccc(SCc2ccco2)c([N+](=O)[O-])c1)c1cccs1. The predicted molar refractivity (Wildman–Crippen MR) is 101 cm³/mol. The van der Waals surface area contributed by atoms with Crippen molar-refractivity contribution in [3.05, 3.63) is 80.4 Å². The van der Waals surface area contributed by atoms with Crippen LogP contribution in [0, 0.1) is 10.1 Å². The highest BCUT2D eigenvalue weighted by Gasteiger charge is 2.15. The molecule has 1 amide bonds. The van der Waals surface area contributed by atoms with E-state index in [4.69, 9.17) is 4.42 Å². The Kier molecular flexibility index (Phi) is 5.82. The number of hydrazone groups is 1. The van der Waals surface area contributed by atoms with Crippen LogP contribution < -0.4 is 5.43 Å². The highest BCUT2D eigenvalue weighted by molar-refractivity contribution is 7.98. The molecule has 0 saturated heterocycles. The molecular formula is C17H13N3O4S2. The Morgan fingerprint density at radius 1 is 1.35 bits per heavy atom. The second kappa shape index (κ2) is 8.45. The first-order chi connectivity index (χ1) is 12.6. The first-order valence-corrected chi connectivity index (χ1v) is 9.30. The Morgan fingerprint density at radius 3 is 2.92 bits per heavy atom. The summed E-state index contributed by atoms with van der Waals surface area (Å²) in [6.45, 7) is 0. The van der Waals surface area contributed by atoms with Crippen molar-refractivity contribution in [2.75, 3.05) is 0 Å². The molecule has 0 saturated carbocycles. The van der Waals surface area contributed by atoms with E-state index in [1.165, 1.54) is 35.4 Å². The third-order valence-electron chi connectivity index (χ3n) is 3.25. The molecule has 1 N–H and O–H groups in total. The molecule has 9 heteroatoms. The number of furan rings is 1. The van der Waals surface area contributed by atoms with Gasteiger partial charge in [0, 0.05) is 11.6 Å². The van der Waals surface area contributed by atoms with Gasteiger partial charge in [0.2, 0.25) is 0 Å². The normalized spacial score (nSPS) is 10.9. The molecule has 3 rings (SSSR count). The number of hydrogen-bond donors (Lipinski definition) is 1. The summed E-state index contributed by atoms with van der Waals surface area (Å²) in [6, 6.07) is 11.8. The maximum absolute atomic E-state index is 11.8. The number of thiophene rings is 1. The Balaban J connectivity index is 1.68. The number of nitro groups is 1. The summed E-state index contributed by atoms with van der Waals surface area (Å²) in [4.78, 5) is 23.8. The number of carbonyl (C=O) groups is 1. The van der Waals surface area contributed by atoms with Gasteiger partial charge in [-0.1, -0.05) is 12.1 Å². The standard InChI is InChI=1S/C17H13N3O4S2/c21-17(16-4-2-8-25-16)19-18-10-12-5-6-15(14(9-12)20(22)23)26-11-13-3-1-7-24-13/h1-10H,11H2,(H,19,21)/b18-10+. The zero-order chi connectivity index (χ0) is 18.4. The molecule has 2 aromatic heterocycles. The van der Waals surface area contributed by atoms with Gasteiger partial charge >= 0.3 is 0 Å². The van der Waals surface area contributed by atoms with Crippen LogP contribution in [0.3, 0.4) is 0 Å². The molecule has 0 aliphatic heterocycles. The number of amides is 1. The molecule has 26 heavy (non-hydrogen) atoms. The zero-order valence-corrected chi connectivity index (χ0v) is 15.0. The van der Waals surface area contributed by atoms with E-state index in [1.54, 1.807) is 42.0 Å². The maximum Gasteiger partial charge on any atom is 0.283 e. The highest BCUT2D eigenvalue weighted by Crippen LogP contribution is 2.32. The molecule has 0 fully saturated rings. The molecule has 0 bridgehead atoms. The van der Waals surface area contributed by atoms with E-state index < -0.39 is 4.92 Å². The smallest absolute Gasteiger partial charge is 0.283 e. The van der Waals surface area contributed by atoms with Crippen LogP contribution in [0.15, 0.2) is 68.5 Å². The molecule has 0 aliphatic carbocycles. The van der Waals surface area contributed by atoms with Crippen LogP contribution >= 0.6 is 23.1 Å². The number of nitrogens with one attached hydrogen (secondary N) is 1. The van der Waals surface area contributed by atoms with E-state index in [2.05, 4.69) is 10.5 Å². The molecular weight excluding hydrogens is 374 g/mol. The Hall–Kier alpha value is -2.91. The Bertz CT molecular complexity index is 922. The highest BCUT2D eigenvalue weighted by atomic mass is 32.2. The molecule has 0 aliphatic rings. The molecule has 132 valence electrons. The fraction of sp³-hybridized carbons (Fsp3) is 0.0588. The van der Waals surface area contributed by atoms with E-state index >= 15 is 0 Å². The van der Waals surface area contributed by atoms with Crippen molar-refractivity contribution in [1.29, 1.82) is 0 Å². The van der Waals surface area contributed by atoms with Gasteiger partial charge in [0.1, 0.15) is 5.76 Å². The lowest BCUT2D eigenvalue weighted by Crippen LogP contribution is -2.16. The Morgan fingerprint density at radius 2 is 2.23 bits per heavy atom. The molecule has 0 radical (unpaired) electrons. The number of thioether (sulfide) groups is 1. The van der Waals surface area contributed by atoms with Crippen molar-refractivity contribution in [2.24, 2.45) is 5.10 Å². The fourth-order valence-corrected chi connectivity index (χ4v) is 3.57. The summed E-state index contributed by atoms with van der Waals surface area (Å²) in [7, 11) is 0. The first kappa shape index (κ1) is 17.9. The quantitative estimate of drug-likeness (QED) is 0.282.